The van der Waals surface area contributed by atoms with Crippen LogP contribution >= 0.6 is 0 Å². The SMILES string of the molecule is CCCc1ccc2c(c1F)-c1c-2cc(OCC2CCCOC2)c(F)c1F. The van der Waals surface area contributed by atoms with Crippen LogP contribution in [0.2, 0.25) is 0 Å². The van der Waals surface area contributed by atoms with Crippen LogP contribution in [0.4, 0.5) is 13.2 Å². The second kappa shape index (κ2) is 6.95. The molecule has 0 saturated carbocycles. The van der Waals surface area contributed by atoms with Gasteiger partial charge in [-0.3, -0.25) is 0 Å². The molecule has 0 aromatic heterocycles. The Labute approximate surface area is 150 Å². The van der Waals surface area contributed by atoms with E-state index in [9.17, 15) is 13.2 Å². The zero-order valence-corrected chi connectivity index (χ0v) is 14.7. The van der Waals surface area contributed by atoms with Gasteiger partial charge in [-0.25, -0.2) is 8.78 Å². The van der Waals surface area contributed by atoms with Gasteiger partial charge in [0, 0.05) is 23.7 Å². The van der Waals surface area contributed by atoms with Crippen molar-refractivity contribution in [2.24, 2.45) is 5.92 Å². The minimum absolute atomic E-state index is 0.0290. The summed E-state index contributed by atoms with van der Waals surface area (Å²) in [5.41, 5.74) is 1.88. The topological polar surface area (TPSA) is 18.5 Å². The molecule has 2 aliphatic rings. The molecule has 0 N–H and O–H groups in total. The molecule has 0 amide bonds. The molecule has 1 atom stereocenters. The zero-order valence-electron chi connectivity index (χ0n) is 14.7. The number of rotatable bonds is 5. The lowest BCUT2D eigenvalue weighted by atomic mass is 9.78. The molecular weight excluding hydrogens is 341 g/mol. The van der Waals surface area contributed by atoms with Crippen LogP contribution in [0.15, 0.2) is 18.2 Å². The van der Waals surface area contributed by atoms with E-state index in [0.29, 0.717) is 29.7 Å². The van der Waals surface area contributed by atoms with Crippen LogP contribution in [0, 0.1) is 23.4 Å². The first kappa shape index (κ1) is 17.4. The van der Waals surface area contributed by atoms with Crippen LogP contribution in [-0.4, -0.2) is 19.8 Å². The molecule has 4 rings (SSSR count). The van der Waals surface area contributed by atoms with Gasteiger partial charge in [-0.1, -0.05) is 25.5 Å². The number of aryl methyl sites for hydroxylation is 1. The molecule has 2 aromatic rings. The van der Waals surface area contributed by atoms with Crippen molar-refractivity contribution in [2.45, 2.75) is 32.6 Å². The summed E-state index contributed by atoms with van der Waals surface area (Å²) in [5.74, 6) is -2.46. The highest BCUT2D eigenvalue weighted by Gasteiger charge is 2.34. The van der Waals surface area contributed by atoms with E-state index in [-0.39, 0.29) is 29.4 Å². The molecule has 26 heavy (non-hydrogen) atoms. The van der Waals surface area contributed by atoms with Crippen molar-refractivity contribution in [1.82, 2.24) is 0 Å². The Kier molecular flexibility index (Phi) is 4.65. The highest BCUT2D eigenvalue weighted by atomic mass is 19.2. The first-order valence-corrected chi connectivity index (χ1v) is 9.16. The Morgan fingerprint density at radius 2 is 1.88 bits per heavy atom. The van der Waals surface area contributed by atoms with Crippen molar-refractivity contribution >= 4 is 0 Å². The summed E-state index contributed by atoms with van der Waals surface area (Å²) in [5, 5.41) is 0. The van der Waals surface area contributed by atoms with E-state index in [1.807, 2.05) is 6.92 Å². The third-order valence-corrected chi connectivity index (χ3v) is 5.18. The smallest absolute Gasteiger partial charge is 0.201 e. The van der Waals surface area contributed by atoms with Gasteiger partial charge in [-0.15, -0.1) is 0 Å². The van der Waals surface area contributed by atoms with E-state index in [4.69, 9.17) is 9.47 Å². The normalized spacial score (nSPS) is 18.1. The maximum atomic E-state index is 14.6. The zero-order chi connectivity index (χ0) is 18.3. The monoisotopic (exact) mass is 362 g/mol. The molecular formula is C21H21F3O2. The Bertz CT molecular complexity index is 842. The molecule has 1 saturated heterocycles. The Hall–Kier alpha value is -2.01. The lowest BCUT2D eigenvalue weighted by molar-refractivity contribution is 0.0344. The number of halogens is 3. The second-order valence-electron chi connectivity index (χ2n) is 7.03. The van der Waals surface area contributed by atoms with Crippen LogP contribution in [0.5, 0.6) is 5.75 Å². The predicted octanol–water partition coefficient (Wildman–Crippen LogP) is 5.51. The summed E-state index contributed by atoms with van der Waals surface area (Å²) in [6, 6.07) is 4.99. The summed E-state index contributed by atoms with van der Waals surface area (Å²) in [4.78, 5) is 0. The summed E-state index contributed by atoms with van der Waals surface area (Å²) in [6.45, 7) is 3.55. The van der Waals surface area contributed by atoms with E-state index in [2.05, 4.69) is 0 Å². The number of hydrogen-bond acceptors (Lipinski definition) is 2. The van der Waals surface area contributed by atoms with Crippen LogP contribution in [0.25, 0.3) is 22.3 Å². The number of benzene rings is 2. The average molecular weight is 362 g/mol. The molecule has 1 heterocycles. The summed E-state index contributed by atoms with van der Waals surface area (Å²) in [7, 11) is 0. The molecule has 0 radical (unpaired) electrons. The lowest BCUT2D eigenvalue weighted by Gasteiger charge is -2.28. The first-order chi connectivity index (χ1) is 12.6. The lowest BCUT2D eigenvalue weighted by Crippen LogP contribution is -2.23. The Balaban J connectivity index is 1.62. The highest BCUT2D eigenvalue weighted by Crippen LogP contribution is 2.52. The largest absolute Gasteiger partial charge is 0.490 e. The van der Waals surface area contributed by atoms with E-state index >= 15 is 0 Å². The summed E-state index contributed by atoms with van der Waals surface area (Å²) < 4.78 is 54.6. The molecule has 0 spiro atoms. The van der Waals surface area contributed by atoms with Crippen LogP contribution < -0.4 is 4.74 Å². The maximum Gasteiger partial charge on any atom is 0.201 e. The van der Waals surface area contributed by atoms with Crippen molar-refractivity contribution < 1.29 is 22.6 Å². The van der Waals surface area contributed by atoms with Crippen molar-refractivity contribution in [3.05, 3.63) is 41.2 Å². The van der Waals surface area contributed by atoms with Crippen LogP contribution in [0.3, 0.4) is 0 Å². The van der Waals surface area contributed by atoms with Crippen molar-refractivity contribution in [3.8, 4) is 28.0 Å². The highest BCUT2D eigenvalue weighted by molar-refractivity contribution is 6.03. The standard InChI is InChI=1S/C21H21F3O2/c1-2-4-13-6-7-14-15-9-16(26-11-12-5-3-8-25-10-12)20(23)21(24)18(15)17(14)19(13)22/h6-7,9,12H,2-5,8,10-11H2,1H3. The van der Waals surface area contributed by atoms with Crippen molar-refractivity contribution in [2.75, 3.05) is 19.8 Å². The molecule has 2 aromatic carbocycles. The first-order valence-electron chi connectivity index (χ1n) is 9.16. The molecule has 2 nitrogen and oxygen atoms in total. The number of hydrogen-bond donors (Lipinski definition) is 0. The van der Waals surface area contributed by atoms with Gasteiger partial charge in [0.15, 0.2) is 11.6 Å². The Morgan fingerprint density at radius 1 is 1.08 bits per heavy atom. The molecule has 1 aliphatic heterocycles. The molecule has 138 valence electrons. The number of fused-ring (bicyclic) bond motifs is 4. The second-order valence-corrected chi connectivity index (χ2v) is 7.03. The molecule has 1 unspecified atom stereocenters. The molecule has 1 aliphatic carbocycles. The van der Waals surface area contributed by atoms with Crippen molar-refractivity contribution in [3.63, 3.8) is 0 Å². The number of ether oxygens (including phenoxy) is 2. The minimum atomic E-state index is -1.05. The van der Waals surface area contributed by atoms with E-state index < -0.39 is 17.5 Å². The summed E-state index contributed by atoms with van der Waals surface area (Å²) >= 11 is 0. The maximum absolute atomic E-state index is 14.6. The van der Waals surface area contributed by atoms with Gasteiger partial charge in [0.05, 0.1) is 13.2 Å². The van der Waals surface area contributed by atoms with Crippen molar-refractivity contribution in [1.29, 1.82) is 0 Å². The third-order valence-electron chi connectivity index (χ3n) is 5.18. The fourth-order valence-corrected chi connectivity index (χ4v) is 3.80. The molecule has 0 bridgehead atoms. The molecule has 1 fully saturated rings. The van der Waals surface area contributed by atoms with Gasteiger partial charge in [-0.2, -0.15) is 4.39 Å². The van der Waals surface area contributed by atoms with E-state index in [0.717, 1.165) is 25.9 Å². The van der Waals surface area contributed by atoms with Gasteiger partial charge in [0.1, 0.15) is 5.82 Å². The summed E-state index contributed by atoms with van der Waals surface area (Å²) in [6.07, 6.45) is 3.26. The fourth-order valence-electron chi connectivity index (χ4n) is 3.80. The Morgan fingerprint density at radius 3 is 2.62 bits per heavy atom. The van der Waals surface area contributed by atoms with Gasteiger partial charge in [0.25, 0.3) is 0 Å². The molecule has 5 heteroatoms. The van der Waals surface area contributed by atoms with Gasteiger partial charge in [0.2, 0.25) is 5.82 Å². The van der Waals surface area contributed by atoms with Gasteiger partial charge < -0.3 is 9.47 Å². The minimum Gasteiger partial charge on any atom is -0.490 e. The average Bonchev–Trinajstić information content (AvgIpc) is 2.64. The quantitative estimate of drug-likeness (QED) is 0.596. The fraction of sp³-hybridized carbons (Fsp3) is 0.429. The van der Waals surface area contributed by atoms with E-state index in [1.165, 1.54) is 6.07 Å². The van der Waals surface area contributed by atoms with Crippen LogP contribution in [-0.2, 0) is 11.2 Å². The third kappa shape index (κ3) is 2.78. The van der Waals surface area contributed by atoms with Crippen LogP contribution in [0.1, 0.15) is 31.7 Å². The van der Waals surface area contributed by atoms with Gasteiger partial charge in [-0.05, 0) is 42.0 Å². The van der Waals surface area contributed by atoms with E-state index in [1.54, 1.807) is 12.1 Å². The predicted molar refractivity (Wildman–Crippen MR) is 93.8 cm³/mol. The van der Waals surface area contributed by atoms with Gasteiger partial charge >= 0.3 is 0 Å².